The molecule has 3 heteroatoms. The zero-order valence-electron chi connectivity index (χ0n) is 5.13. The van der Waals surface area contributed by atoms with Gasteiger partial charge in [-0.1, -0.05) is 6.08 Å². The number of nitrogens with zero attached hydrogens (tertiary/aromatic N) is 1. The Bertz CT molecular complexity index is 181. The van der Waals surface area contributed by atoms with E-state index < -0.39 is 0 Å². The smallest absolute Gasteiger partial charge is 0.356 e. The molecule has 0 aromatic carbocycles. The Kier molecular flexibility index (Phi) is 1.63. The fourth-order valence-electron chi connectivity index (χ4n) is 0.605. The van der Waals surface area contributed by atoms with E-state index in [0.29, 0.717) is 12.3 Å². The largest absolute Gasteiger partial charge is 0.464 e. The zero-order chi connectivity index (χ0) is 6.69. The lowest BCUT2D eigenvalue weighted by Crippen LogP contribution is -2.11. The van der Waals surface area contributed by atoms with Gasteiger partial charge in [0.25, 0.3) is 0 Å². The van der Waals surface area contributed by atoms with Gasteiger partial charge in [-0.15, -0.1) is 0 Å². The molecule has 1 aliphatic heterocycles. The van der Waals surface area contributed by atoms with Crippen LogP contribution in [0.2, 0.25) is 0 Å². The van der Waals surface area contributed by atoms with Crippen molar-refractivity contribution in [1.82, 2.24) is 0 Å². The molecule has 9 heavy (non-hydrogen) atoms. The summed E-state index contributed by atoms with van der Waals surface area (Å²) in [5.41, 5.74) is 0.414. The number of hydrogen-bond acceptors (Lipinski definition) is 3. The van der Waals surface area contributed by atoms with E-state index in [-0.39, 0.29) is 5.97 Å². The lowest BCUT2D eigenvalue weighted by molar-refractivity contribution is -0.132. The number of carbonyl (C=O) groups excluding carboxylic acids is 1. The van der Waals surface area contributed by atoms with E-state index >= 15 is 0 Å². The molecule has 0 spiro atoms. The minimum atomic E-state index is -0.358. The highest BCUT2D eigenvalue weighted by Gasteiger charge is 2.08. The van der Waals surface area contributed by atoms with Crippen LogP contribution in [0.15, 0.2) is 17.1 Å². The van der Waals surface area contributed by atoms with Crippen molar-refractivity contribution < 1.29 is 9.53 Å². The maximum absolute atomic E-state index is 10.6. The van der Waals surface area contributed by atoms with Gasteiger partial charge < -0.3 is 4.74 Å². The summed E-state index contributed by atoms with van der Waals surface area (Å²) in [6.07, 6.45) is 3.47. The molecule has 0 aromatic heterocycles. The number of methoxy groups -OCH3 is 1. The molecule has 0 aliphatic carbocycles. The highest BCUT2D eigenvalue weighted by atomic mass is 16.5. The molecule has 0 amide bonds. The Labute approximate surface area is 53.0 Å². The molecule has 0 radical (unpaired) electrons. The van der Waals surface area contributed by atoms with Gasteiger partial charge in [-0.05, 0) is 6.08 Å². The fourth-order valence-corrected chi connectivity index (χ4v) is 0.605. The molecule has 0 N–H and O–H groups in total. The summed E-state index contributed by atoms with van der Waals surface area (Å²) >= 11 is 0. The molecule has 1 rings (SSSR count). The first-order chi connectivity index (χ1) is 4.34. The molecule has 48 valence electrons. The van der Waals surface area contributed by atoms with Crippen LogP contribution in [0.3, 0.4) is 0 Å². The highest BCUT2D eigenvalue weighted by molar-refractivity contribution is 6.41. The molecule has 1 aliphatic rings. The van der Waals surface area contributed by atoms with E-state index in [2.05, 4.69) is 9.73 Å². The highest BCUT2D eigenvalue weighted by Crippen LogP contribution is 1.94. The van der Waals surface area contributed by atoms with Crippen molar-refractivity contribution in [2.24, 2.45) is 4.99 Å². The summed E-state index contributed by atoms with van der Waals surface area (Å²) < 4.78 is 4.41. The monoisotopic (exact) mass is 125 g/mol. The number of esters is 1. The number of ether oxygens (including phenoxy) is 1. The summed E-state index contributed by atoms with van der Waals surface area (Å²) in [7, 11) is 1.34. The third-order valence-electron chi connectivity index (χ3n) is 1.04. The van der Waals surface area contributed by atoms with Gasteiger partial charge in [0.2, 0.25) is 0 Å². The standard InChI is InChI=1S/C6H7NO2/c1-9-6(8)5-3-2-4-7-5/h2-3H,4H2,1H3. The zero-order valence-corrected chi connectivity index (χ0v) is 5.13. The summed E-state index contributed by atoms with van der Waals surface area (Å²) in [6, 6.07) is 0. The molecular weight excluding hydrogens is 118 g/mol. The van der Waals surface area contributed by atoms with Crippen LogP contribution in [0.25, 0.3) is 0 Å². The first-order valence-corrected chi connectivity index (χ1v) is 2.64. The van der Waals surface area contributed by atoms with E-state index in [9.17, 15) is 4.79 Å². The summed E-state index contributed by atoms with van der Waals surface area (Å²) in [6.45, 7) is 0.602. The minimum absolute atomic E-state index is 0.358. The predicted octanol–water partition coefficient (Wildman–Crippen LogP) is 0.170. The van der Waals surface area contributed by atoms with Gasteiger partial charge in [-0.25, -0.2) is 4.79 Å². The van der Waals surface area contributed by atoms with Gasteiger partial charge in [-0.2, -0.15) is 0 Å². The number of hydrogen-bond donors (Lipinski definition) is 0. The van der Waals surface area contributed by atoms with Crippen LogP contribution in [-0.4, -0.2) is 25.3 Å². The van der Waals surface area contributed by atoms with E-state index in [4.69, 9.17) is 0 Å². The van der Waals surface area contributed by atoms with Gasteiger partial charge >= 0.3 is 5.97 Å². The molecule has 0 bridgehead atoms. The Hall–Kier alpha value is -1.12. The van der Waals surface area contributed by atoms with Crippen molar-refractivity contribution in [1.29, 1.82) is 0 Å². The van der Waals surface area contributed by atoms with Crippen molar-refractivity contribution in [3.63, 3.8) is 0 Å². The summed E-state index contributed by atoms with van der Waals surface area (Å²) in [4.78, 5) is 14.4. The third-order valence-corrected chi connectivity index (χ3v) is 1.04. The maximum Gasteiger partial charge on any atom is 0.356 e. The van der Waals surface area contributed by atoms with Gasteiger partial charge in [0.1, 0.15) is 5.71 Å². The Balaban J connectivity index is 2.62. The van der Waals surface area contributed by atoms with Crippen LogP contribution in [-0.2, 0) is 9.53 Å². The normalized spacial score (nSPS) is 15.4. The molecule has 0 unspecified atom stereocenters. The van der Waals surface area contributed by atoms with Crippen LogP contribution in [0.5, 0.6) is 0 Å². The Morgan fingerprint density at radius 3 is 3.11 bits per heavy atom. The number of carbonyl (C=O) groups is 1. The van der Waals surface area contributed by atoms with Crippen LogP contribution < -0.4 is 0 Å². The Morgan fingerprint density at radius 1 is 1.89 bits per heavy atom. The van der Waals surface area contributed by atoms with Crippen molar-refractivity contribution >= 4 is 11.7 Å². The fraction of sp³-hybridized carbons (Fsp3) is 0.333. The average Bonchev–Trinajstić information content (AvgIpc) is 2.37. The lowest BCUT2D eigenvalue weighted by Gasteiger charge is -1.92. The summed E-state index contributed by atoms with van der Waals surface area (Å²) in [5.74, 6) is -0.358. The topological polar surface area (TPSA) is 38.7 Å². The second-order valence-electron chi connectivity index (χ2n) is 1.62. The number of rotatable bonds is 1. The van der Waals surface area contributed by atoms with Crippen molar-refractivity contribution in [2.45, 2.75) is 0 Å². The third kappa shape index (κ3) is 1.16. The molecule has 1 heterocycles. The van der Waals surface area contributed by atoms with Gasteiger partial charge in [-0.3, -0.25) is 4.99 Å². The molecule has 3 nitrogen and oxygen atoms in total. The lowest BCUT2D eigenvalue weighted by atomic mass is 10.4. The van der Waals surface area contributed by atoms with Crippen molar-refractivity contribution in [3.8, 4) is 0 Å². The first kappa shape index (κ1) is 6.01. The van der Waals surface area contributed by atoms with Gasteiger partial charge in [0.05, 0.1) is 13.7 Å². The average molecular weight is 125 g/mol. The quantitative estimate of drug-likeness (QED) is 0.468. The molecule has 0 saturated carbocycles. The first-order valence-electron chi connectivity index (χ1n) is 2.64. The number of aliphatic imine (C=N–C) groups is 1. The van der Waals surface area contributed by atoms with Gasteiger partial charge in [0.15, 0.2) is 0 Å². The maximum atomic E-state index is 10.6. The molecular formula is C6H7NO2. The summed E-state index contributed by atoms with van der Waals surface area (Å²) in [5, 5.41) is 0. The van der Waals surface area contributed by atoms with Crippen LogP contribution >= 0.6 is 0 Å². The molecule has 0 atom stereocenters. The van der Waals surface area contributed by atoms with Crippen LogP contribution in [0.4, 0.5) is 0 Å². The molecule has 0 aromatic rings. The van der Waals surface area contributed by atoms with Gasteiger partial charge in [0, 0.05) is 0 Å². The second-order valence-corrected chi connectivity index (χ2v) is 1.62. The van der Waals surface area contributed by atoms with E-state index in [1.165, 1.54) is 7.11 Å². The van der Waals surface area contributed by atoms with E-state index in [1.54, 1.807) is 6.08 Å². The predicted molar refractivity (Wildman–Crippen MR) is 33.5 cm³/mol. The SMILES string of the molecule is COC(=O)C1=NCC=C1. The molecule has 0 saturated heterocycles. The van der Waals surface area contributed by atoms with E-state index in [1.807, 2.05) is 6.08 Å². The van der Waals surface area contributed by atoms with Crippen molar-refractivity contribution in [3.05, 3.63) is 12.2 Å². The van der Waals surface area contributed by atoms with Crippen LogP contribution in [0.1, 0.15) is 0 Å². The van der Waals surface area contributed by atoms with Crippen LogP contribution in [0, 0.1) is 0 Å². The van der Waals surface area contributed by atoms with Crippen molar-refractivity contribution in [2.75, 3.05) is 13.7 Å². The second kappa shape index (κ2) is 2.44. The Morgan fingerprint density at radius 2 is 2.67 bits per heavy atom. The minimum Gasteiger partial charge on any atom is -0.464 e. The molecule has 0 fully saturated rings. The van der Waals surface area contributed by atoms with E-state index in [0.717, 1.165) is 0 Å².